The molecular weight excluding hydrogens is 294 g/mol. The standard InChI is InChI=1S/C18H35NO4/c1-7-8-9-22-13-15(21)12-19-17(3,4)10-16(23-14(2)20)11-18(19,5)6/h15-16,21H,7-13H2,1-6H3. The number of carbonyl (C=O) groups excluding carboxylic acids is 1. The summed E-state index contributed by atoms with van der Waals surface area (Å²) in [6.45, 7) is 13.8. The number of ether oxygens (including phenoxy) is 2. The molecule has 1 saturated heterocycles. The minimum atomic E-state index is -0.504. The molecule has 0 aromatic carbocycles. The lowest BCUT2D eigenvalue weighted by atomic mass is 9.78. The minimum Gasteiger partial charge on any atom is -0.462 e. The Morgan fingerprint density at radius 1 is 1.26 bits per heavy atom. The van der Waals surface area contributed by atoms with Gasteiger partial charge in [-0.1, -0.05) is 13.3 Å². The fraction of sp³-hybridized carbons (Fsp3) is 0.944. The van der Waals surface area contributed by atoms with Crippen molar-refractivity contribution in [1.82, 2.24) is 4.90 Å². The van der Waals surface area contributed by atoms with Crippen molar-refractivity contribution in [2.75, 3.05) is 19.8 Å². The van der Waals surface area contributed by atoms with Gasteiger partial charge in [-0.05, 0) is 34.1 Å². The maximum absolute atomic E-state index is 11.3. The van der Waals surface area contributed by atoms with Gasteiger partial charge in [0.15, 0.2) is 0 Å². The summed E-state index contributed by atoms with van der Waals surface area (Å²) in [4.78, 5) is 13.6. The van der Waals surface area contributed by atoms with Crippen LogP contribution in [0.2, 0.25) is 0 Å². The van der Waals surface area contributed by atoms with Crippen molar-refractivity contribution in [1.29, 1.82) is 0 Å². The van der Waals surface area contributed by atoms with E-state index in [4.69, 9.17) is 9.47 Å². The van der Waals surface area contributed by atoms with Gasteiger partial charge in [-0.25, -0.2) is 0 Å². The van der Waals surface area contributed by atoms with Crippen LogP contribution in [0.1, 0.15) is 67.2 Å². The molecule has 1 atom stereocenters. The number of piperidine rings is 1. The van der Waals surface area contributed by atoms with Gasteiger partial charge in [-0.3, -0.25) is 9.69 Å². The summed E-state index contributed by atoms with van der Waals surface area (Å²) in [5.41, 5.74) is -0.293. The molecule has 0 radical (unpaired) electrons. The van der Waals surface area contributed by atoms with E-state index in [0.717, 1.165) is 25.7 Å². The molecule has 1 rings (SSSR count). The van der Waals surface area contributed by atoms with Crippen molar-refractivity contribution < 1.29 is 19.4 Å². The number of hydrogen-bond acceptors (Lipinski definition) is 5. The normalized spacial score (nSPS) is 22.7. The monoisotopic (exact) mass is 329 g/mol. The second-order valence-corrected chi connectivity index (χ2v) is 7.96. The summed E-state index contributed by atoms with van der Waals surface area (Å²) in [5.74, 6) is -0.223. The van der Waals surface area contributed by atoms with E-state index >= 15 is 0 Å². The zero-order valence-electron chi connectivity index (χ0n) is 15.7. The number of likely N-dealkylation sites (tertiary alicyclic amines) is 1. The largest absolute Gasteiger partial charge is 0.462 e. The van der Waals surface area contributed by atoms with E-state index in [-0.39, 0.29) is 23.2 Å². The molecular formula is C18H35NO4. The first-order valence-corrected chi connectivity index (χ1v) is 8.79. The second kappa shape index (κ2) is 8.45. The summed E-state index contributed by atoms with van der Waals surface area (Å²) in [7, 11) is 0. The Bertz CT molecular complexity index is 363. The van der Waals surface area contributed by atoms with Gasteiger partial charge in [-0.15, -0.1) is 0 Å². The number of aliphatic hydroxyl groups is 1. The van der Waals surface area contributed by atoms with E-state index in [1.54, 1.807) is 0 Å². The molecule has 0 aromatic rings. The number of unbranched alkanes of at least 4 members (excludes halogenated alkanes) is 1. The smallest absolute Gasteiger partial charge is 0.302 e. The molecule has 5 nitrogen and oxygen atoms in total. The quantitative estimate of drug-likeness (QED) is 0.548. The van der Waals surface area contributed by atoms with E-state index in [1.807, 2.05) is 0 Å². The molecule has 1 N–H and O–H groups in total. The Kier molecular flexibility index (Phi) is 7.49. The van der Waals surface area contributed by atoms with Crippen LogP contribution in [0.3, 0.4) is 0 Å². The molecule has 1 heterocycles. The molecule has 0 aromatic heterocycles. The zero-order valence-corrected chi connectivity index (χ0v) is 15.7. The third-order valence-electron chi connectivity index (χ3n) is 4.59. The molecule has 1 aliphatic heterocycles. The van der Waals surface area contributed by atoms with Crippen LogP contribution in [0.25, 0.3) is 0 Å². The highest BCUT2D eigenvalue weighted by Crippen LogP contribution is 2.39. The minimum absolute atomic E-state index is 0.0632. The van der Waals surface area contributed by atoms with Crippen molar-refractivity contribution in [2.45, 2.75) is 90.5 Å². The number of hydrogen-bond donors (Lipinski definition) is 1. The van der Waals surface area contributed by atoms with Gasteiger partial charge in [0.05, 0.1) is 12.7 Å². The van der Waals surface area contributed by atoms with E-state index in [2.05, 4.69) is 39.5 Å². The lowest BCUT2D eigenvalue weighted by Crippen LogP contribution is -2.64. The molecule has 1 unspecified atom stereocenters. The number of esters is 1. The summed E-state index contributed by atoms with van der Waals surface area (Å²) in [6, 6.07) is 0. The second-order valence-electron chi connectivity index (χ2n) is 7.96. The third-order valence-corrected chi connectivity index (χ3v) is 4.59. The average Bonchev–Trinajstić information content (AvgIpc) is 2.37. The van der Waals surface area contributed by atoms with Crippen LogP contribution in [0.4, 0.5) is 0 Å². The third kappa shape index (κ3) is 6.40. The van der Waals surface area contributed by atoms with E-state index in [0.29, 0.717) is 19.8 Å². The van der Waals surface area contributed by atoms with E-state index in [9.17, 15) is 9.90 Å². The van der Waals surface area contributed by atoms with Gasteiger partial charge in [0, 0.05) is 44.0 Å². The summed E-state index contributed by atoms with van der Waals surface area (Å²) < 4.78 is 11.0. The molecule has 136 valence electrons. The van der Waals surface area contributed by atoms with Crippen molar-refractivity contribution in [3.63, 3.8) is 0 Å². The first kappa shape index (κ1) is 20.4. The molecule has 1 aliphatic rings. The van der Waals surface area contributed by atoms with Gasteiger partial charge in [0.25, 0.3) is 0 Å². The highest BCUT2D eigenvalue weighted by atomic mass is 16.5. The number of aliphatic hydroxyl groups excluding tert-OH is 1. The molecule has 0 saturated carbocycles. The van der Waals surface area contributed by atoms with Gasteiger partial charge in [0.1, 0.15) is 6.10 Å². The Morgan fingerprint density at radius 3 is 2.30 bits per heavy atom. The summed E-state index contributed by atoms with van der Waals surface area (Å²) >= 11 is 0. The maximum atomic E-state index is 11.3. The molecule has 0 amide bonds. The molecule has 0 bridgehead atoms. The van der Waals surface area contributed by atoms with Crippen LogP contribution in [-0.2, 0) is 14.3 Å². The average molecular weight is 329 g/mol. The highest BCUT2D eigenvalue weighted by Gasteiger charge is 2.46. The predicted molar refractivity (Wildman–Crippen MR) is 91.4 cm³/mol. The molecule has 0 aliphatic carbocycles. The molecule has 23 heavy (non-hydrogen) atoms. The Hall–Kier alpha value is -0.650. The van der Waals surface area contributed by atoms with Crippen LogP contribution in [0.15, 0.2) is 0 Å². The van der Waals surface area contributed by atoms with Crippen LogP contribution >= 0.6 is 0 Å². The molecule has 1 fully saturated rings. The van der Waals surface area contributed by atoms with Crippen molar-refractivity contribution in [2.24, 2.45) is 0 Å². The Balaban J connectivity index is 2.64. The lowest BCUT2D eigenvalue weighted by molar-refractivity contribution is -0.160. The SMILES string of the molecule is CCCCOCC(O)CN1C(C)(C)CC(OC(C)=O)CC1(C)C. The van der Waals surface area contributed by atoms with Crippen LogP contribution in [-0.4, -0.2) is 59.0 Å². The van der Waals surface area contributed by atoms with Crippen molar-refractivity contribution >= 4 is 5.97 Å². The van der Waals surface area contributed by atoms with E-state index in [1.165, 1.54) is 6.92 Å². The van der Waals surface area contributed by atoms with Crippen LogP contribution < -0.4 is 0 Å². The van der Waals surface area contributed by atoms with Gasteiger partial charge in [-0.2, -0.15) is 0 Å². The topological polar surface area (TPSA) is 59.0 Å². The Morgan fingerprint density at radius 2 is 1.83 bits per heavy atom. The summed E-state index contributed by atoms with van der Waals surface area (Å²) in [6.07, 6.45) is 3.11. The fourth-order valence-corrected chi connectivity index (χ4v) is 3.77. The highest BCUT2D eigenvalue weighted by molar-refractivity contribution is 5.66. The van der Waals surface area contributed by atoms with E-state index < -0.39 is 6.10 Å². The van der Waals surface area contributed by atoms with Crippen LogP contribution in [0.5, 0.6) is 0 Å². The van der Waals surface area contributed by atoms with Gasteiger partial charge in [0.2, 0.25) is 0 Å². The molecule has 0 spiro atoms. The van der Waals surface area contributed by atoms with Crippen molar-refractivity contribution in [3.05, 3.63) is 0 Å². The van der Waals surface area contributed by atoms with Gasteiger partial charge < -0.3 is 14.6 Å². The first-order chi connectivity index (χ1) is 10.6. The lowest BCUT2D eigenvalue weighted by Gasteiger charge is -2.55. The number of carbonyl (C=O) groups is 1. The number of β-amino-alcohol motifs (C(OH)–C–C–N with tert-alkyl or cyclic N) is 1. The van der Waals surface area contributed by atoms with Gasteiger partial charge >= 0.3 is 5.97 Å². The number of nitrogens with zero attached hydrogens (tertiary/aromatic N) is 1. The first-order valence-electron chi connectivity index (χ1n) is 8.79. The number of rotatable bonds is 8. The van der Waals surface area contributed by atoms with Crippen LogP contribution in [0, 0.1) is 0 Å². The molecule has 5 heteroatoms. The maximum Gasteiger partial charge on any atom is 0.302 e. The summed E-state index contributed by atoms with van der Waals surface area (Å²) in [5, 5.41) is 10.3. The Labute approximate surface area is 141 Å². The van der Waals surface area contributed by atoms with Crippen molar-refractivity contribution in [3.8, 4) is 0 Å². The zero-order chi connectivity index (χ0) is 17.7. The fourth-order valence-electron chi connectivity index (χ4n) is 3.77. The predicted octanol–water partition coefficient (Wildman–Crippen LogP) is 2.75.